The highest BCUT2D eigenvalue weighted by molar-refractivity contribution is 5.98. The number of primary amides is 1. The minimum absolute atomic E-state index is 0.0503. The summed E-state index contributed by atoms with van der Waals surface area (Å²) in [6, 6.07) is 6.31. The second-order valence-corrected chi connectivity index (χ2v) is 3.46. The molecule has 0 spiro atoms. The van der Waals surface area contributed by atoms with Gasteiger partial charge in [0.1, 0.15) is 5.84 Å². The van der Waals surface area contributed by atoms with Crippen molar-refractivity contribution in [2.24, 2.45) is 11.5 Å². The summed E-state index contributed by atoms with van der Waals surface area (Å²) in [5.41, 5.74) is 11.2. The Kier molecular flexibility index (Phi) is 4.21. The Balaban J connectivity index is 2.57. The molecular formula is C11H14N4O2. The highest BCUT2D eigenvalue weighted by atomic mass is 16.2. The van der Waals surface area contributed by atoms with Crippen molar-refractivity contribution in [3.8, 4) is 0 Å². The quantitative estimate of drug-likeness (QED) is 0.408. The maximum Gasteiger partial charge on any atom is 0.251 e. The molecule has 0 aliphatic heterocycles. The van der Waals surface area contributed by atoms with Crippen LogP contribution in [0.2, 0.25) is 0 Å². The minimum atomic E-state index is -0.461. The molecule has 1 aromatic rings. The van der Waals surface area contributed by atoms with E-state index in [0.717, 1.165) is 0 Å². The van der Waals surface area contributed by atoms with Gasteiger partial charge in [0.25, 0.3) is 5.91 Å². The smallest absolute Gasteiger partial charge is 0.251 e. The molecule has 0 bridgehead atoms. The molecule has 90 valence electrons. The van der Waals surface area contributed by atoms with E-state index < -0.39 is 5.91 Å². The predicted octanol–water partition coefficient (Wildman–Crippen LogP) is -0.424. The molecule has 6 N–H and O–H groups in total. The first-order chi connectivity index (χ1) is 8.00. The molecule has 0 saturated carbocycles. The average Bonchev–Trinajstić information content (AvgIpc) is 2.28. The third kappa shape index (κ3) is 3.94. The Morgan fingerprint density at radius 2 is 1.65 bits per heavy atom. The van der Waals surface area contributed by atoms with Crippen LogP contribution in [0.3, 0.4) is 0 Å². The molecule has 0 atom stereocenters. The van der Waals surface area contributed by atoms with Crippen LogP contribution in [0, 0.1) is 5.41 Å². The predicted molar refractivity (Wildman–Crippen MR) is 63.6 cm³/mol. The third-order valence-corrected chi connectivity index (χ3v) is 2.12. The first kappa shape index (κ1) is 12.7. The average molecular weight is 234 g/mol. The molecular weight excluding hydrogens is 220 g/mol. The number of nitrogen functional groups attached to an aromatic ring is 1. The molecule has 1 aromatic carbocycles. The lowest BCUT2D eigenvalue weighted by Crippen LogP contribution is -2.27. The SMILES string of the molecule is N=C(N)c1ccc(C(=O)NCCC(N)=O)cc1. The standard InChI is InChI=1S/C11H14N4O2/c12-9(16)5-6-15-11(17)8-3-1-7(2-4-8)10(13)14/h1-4H,5-6H2,(H2,12,16)(H3,13,14)(H,15,17). The first-order valence-electron chi connectivity index (χ1n) is 5.01. The molecule has 2 amide bonds. The van der Waals surface area contributed by atoms with E-state index in [9.17, 15) is 9.59 Å². The molecule has 0 saturated heterocycles. The molecule has 0 heterocycles. The zero-order chi connectivity index (χ0) is 12.8. The van der Waals surface area contributed by atoms with E-state index in [0.29, 0.717) is 11.1 Å². The normalized spacial score (nSPS) is 9.65. The van der Waals surface area contributed by atoms with E-state index >= 15 is 0 Å². The zero-order valence-electron chi connectivity index (χ0n) is 9.19. The van der Waals surface area contributed by atoms with Crippen LogP contribution in [0.15, 0.2) is 24.3 Å². The van der Waals surface area contributed by atoms with Gasteiger partial charge in [-0.1, -0.05) is 12.1 Å². The highest BCUT2D eigenvalue weighted by Gasteiger charge is 2.05. The summed E-state index contributed by atoms with van der Waals surface area (Å²) in [7, 11) is 0. The van der Waals surface area contributed by atoms with Crippen LogP contribution in [-0.2, 0) is 4.79 Å². The van der Waals surface area contributed by atoms with E-state index in [1.54, 1.807) is 24.3 Å². The van der Waals surface area contributed by atoms with Gasteiger partial charge in [-0.15, -0.1) is 0 Å². The lowest BCUT2D eigenvalue weighted by molar-refractivity contribution is -0.117. The molecule has 17 heavy (non-hydrogen) atoms. The molecule has 0 aliphatic rings. The van der Waals surface area contributed by atoms with Crippen LogP contribution in [0.1, 0.15) is 22.3 Å². The lowest BCUT2D eigenvalue weighted by Gasteiger charge is -2.04. The van der Waals surface area contributed by atoms with Gasteiger partial charge in [0.05, 0.1) is 0 Å². The number of hydrogen-bond acceptors (Lipinski definition) is 3. The van der Waals surface area contributed by atoms with Gasteiger partial charge in [0, 0.05) is 24.1 Å². The number of nitrogens with one attached hydrogen (secondary N) is 2. The minimum Gasteiger partial charge on any atom is -0.384 e. The van der Waals surface area contributed by atoms with Crippen molar-refractivity contribution >= 4 is 17.6 Å². The number of hydrogen-bond donors (Lipinski definition) is 4. The van der Waals surface area contributed by atoms with Crippen molar-refractivity contribution in [2.45, 2.75) is 6.42 Å². The fourth-order valence-corrected chi connectivity index (χ4v) is 1.20. The van der Waals surface area contributed by atoms with Gasteiger partial charge in [-0.3, -0.25) is 15.0 Å². The first-order valence-corrected chi connectivity index (χ1v) is 5.01. The van der Waals surface area contributed by atoms with Crippen molar-refractivity contribution in [3.63, 3.8) is 0 Å². The molecule has 6 nitrogen and oxygen atoms in total. The van der Waals surface area contributed by atoms with E-state index in [1.807, 2.05) is 0 Å². The molecule has 0 radical (unpaired) electrons. The second-order valence-electron chi connectivity index (χ2n) is 3.46. The number of rotatable bonds is 5. The summed E-state index contributed by atoms with van der Waals surface area (Å²) in [4.78, 5) is 22.0. The topological polar surface area (TPSA) is 122 Å². The van der Waals surface area contributed by atoms with Crippen LogP contribution in [-0.4, -0.2) is 24.2 Å². The molecule has 1 rings (SSSR count). The van der Waals surface area contributed by atoms with Crippen molar-refractivity contribution < 1.29 is 9.59 Å². The second kappa shape index (κ2) is 5.64. The number of amidine groups is 1. The molecule has 0 unspecified atom stereocenters. The van der Waals surface area contributed by atoms with Gasteiger partial charge < -0.3 is 16.8 Å². The maximum absolute atomic E-state index is 11.6. The van der Waals surface area contributed by atoms with Crippen molar-refractivity contribution in [1.29, 1.82) is 5.41 Å². The fourth-order valence-electron chi connectivity index (χ4n) is 1.20. The number of carbonyl (C=O) groups excluding carboxylic acids is 2. The van der Waals surface area contributed by atoms with Crippen molar-refractivity contribution in [2.75, 3.05) is 6.54 Å². The maximum atomic E-state index is 11.6. The summed E-state index contributed by atoms with van der Waals surface area (Å²) in [5.74, 6) is -0.802. The van der Waals surface area contributed by atoms with E-state index in [1.165, 1.54) is 0 Å². The van der Waals surface area contributed by atoms with Crippen molar-refractivity contribution in [3.05, 3.63) is 35.4 Å². The van der Waals surface area contributed by atoms with Crippen LogP contribution < -0.4 is 16.8 Å². The summed E-state index contributed by atoms with van der Waals surface area (Å²) in [6.45, 7) is 0.211. The summed E-state index contributed by atoms with van der Waals surface area (Å²) < 4.78 is 0. The Morgan fingerprint density at radius 1 is 1.12 bits per heavy atom. The molecule has 0 fully saturated rings. The number of nitrogens with two attached hydrogens (primary N) is 2. The van der Waals surface area contributed by atoms with Gasteiger partial charge in [0.15, 0.2) is 0 Å². The van der Waals surface area contributed by atoms with Crippen LogP contribution in [0.5, 0.6) is 0 Å². The Morgan fingerprint density at radius 3 is 2.12 bits per heavy atom. The highest BCUT2D eigenvalue weighted by Crippen LogP contribution is 2.03. The van der Waals surface area contributed by atoms with E-state index in [4.69, 9.17) is 16.9 Å². The molecule has 6 heteroatoms. The number of amides is 2. The fraction of sp³-hybridized carbons (Fsp3) is 0.182. The third-order valence-electron chi connectivity index (χ3n) is 2.12. The van der Waals surface area contributed by atoms with Gasteiger partial charge in [-0.05, 0) is 12.1 Å². The summed E-state index contributed by atoms with van der Waals surface area (Å²) in [6.07, 6.45) is 0.108. The number of carbonyl (C=O) groups is 2. The Hall–Kier alpha value is -2.37. The summed E-state index contributed by atoms with van der Waals surface area (Å²) in [5, 5.41) is 9.75. The van der Waals surface area contributed by atoms with Gasteiger partial charge in [-0.25, -0.2) is 0 Å². The molecule has 0 aliphatic carbocycles. The Labute approximate surface area is 98.5 Å². The monoisotopic (exact) mass is 234 g/mol. The van der Waals surface area contributed by atoms with E-state index in [2.05, 4.69) is 5.32 Å². The van der Waals surface area contributed by atoms with Crippen molar-refractivity contribution in [1.82, 2.24) is 5.32 Å². The van der Waals surface area contributed by atoms with Crippen LogP contribution >= 0.6 is 0 Å². The van der Waals surface area contributed by atoms with Gasteiger partial charge in [-0.2, -0.15) is 0 Å². The lowest BCUT2D eigenvalue weighted by atomic mass is 10.1. The summed E-state index contributed by atoms with van der Waals surface area (Å²) >= 11 is 0. The van der Waals surface area contributed by atoms with Gasteiger partial charge in [0.2, 0.25) is 5.91 Å². The van der Waals surface area contributed by atoms with E-state index in [-0.39, 0.29) is 24.7 Å². The van der Waals surface area contributed by atoms with Crippen LogP contribution in [0.25, 0.3) is 0 Å². The number of benzene rings is 1. The Bertz CT molecular complexity index is 439. The largest absolute Gasteiger partial charge is 0.384 e. The van der Waals surface area contributed by atoms with Gasteiger partial charge >= 0.3 is 0 Å². The molecule has 0 aromatic heterocycles. The van der Waals surface area contributed by atoms with Crippen LogP contribution in [0.4, 0.5) is 0 Å². The zero-order valence-corrected chi connectivity index (χ0v) is 9.19.